The molecule has 192 valence electrons. The molecule has 0 aliphatic rings. The van der Waals surface area contributed by atoms with Gasteiger partial charge in [-0.2, -0.15) is 26.3 Å². The van der Waals surface area contributed by atoms with E-state index in [1.165, 1.54) is 7.05 Å². The van der Waals surface area contributed by atoms with Crippen molar-refractivity contribution in [3.63, 3.8) is 0 Å². The lowest BCUT2D eigenvalue weighted by atomic mass is 10.1. The lowest BCUT2D eigenvalue weighted by Crippen LogP contribution is -2.18. The largest absolute Gasteiger partial charge is 0.418 e. The highest BCUT2D eigenvalue weighted by Gasteiger charge is 2.37. The van der Waals surface area contributed by atoms with Gasteiger partial charge in [-0.3, -0.25) is 9.59 Å². The monoisotopic (exact) mass is 519 g/mol. The summed E-state index contributed by atoms with van der Waals surface area (Å²) in [7, 11) is 1.27. The first kappa shape index (κ1) is 28.2. The van der Waals surface area contributed by atoms with Gasteiger partial charge < -0.3 is 9.88 Å². The van der Waals surface area contributed by atoms with Crippen molar-refractivity contribution < 1.29 is 44.7 Å². The summed E-state index contributed by atoms with van der Waals surface area (Å²) in [6.45, 7) is 4.97. The fourth-order valence-electron chi connectivity index (χ4n) is 2.78. The van der Waals surface area contributed by atoms with Crippen LogP contribution < -0.4 is 5.32 Å². The Labute approximate surface area is 199 Å². The number of aromatic nitrogens is 2. The molecule has 36 heavy (non-hydrogen) atoms. The third-order valence-electron chi connectivity index (χ3n) is 4.40. The van der Waals surface area contributed by atoms with Crippen molar-refractivity contribution in [2.24, 2.45) is 7.05 Å². The number of hydrogen-bond acceptors (Lipinski definition) is 3. The van der Waals surface area contributed by atoms with E-state index in [1.54, 1.807) is 12.2 Å². The molecule has 1 heterocycles. The molecule has 0 aliphatic heterocycles. The number of anilines is 1. The van der Waals surface area contributed by atoms with Gasteiger partial charge in [0.25, 0.3) is 5.91 Å². The molecule has 0 spiro atoms. The SMILES string of the molecule is C=C(C)C=O.Cn1cc(C(=O)Nc2cc(C(F)(F)F)ccc2C(F)(F)F)nc1-c1c(F)cccc1F. The van der Waals surface area contributed by atoms with Gasteiger partial charge in [-0.05, 0) is 42.8 Å². The van der Waals surface area contributed by atoms with E-state index >= 15 is 0 Å². The molecule has 1 N–H and O–H groups in total. The number of aryl methyl sites for hydroxylation is 1. The molecule has 0 aliphatic carbocycles. The van der Waals surface area contributed by atoms with Crippen molar-refractivity contribution in [2.45, 2.75) is 19.3 Å². The lowest BCUT2D eigenvalue weighted by molar-refractivity contribution is -0.140. The standard InChI is InChI=1S/C19H11F8N3O.C4H6O/c1-30-8-14(28-16(30)15-11(20)3-2-4-12(15)21)17(31)29-13-7-9(18(22,23)24)5-6-10(13)19(25,26)27;1-4(2)3-5/h2-8H,1H3,(H,29,31);3H,1H2,2H3. The Bertz CT molecular complexity index is 1270. The van der Waals surface area contributed by atoms with Crippen molar-refractivity contribution in [1.82, 2.24) is 9.55 Å². The van der Waals surface area contributed by atoms with Gasteiger partial charge in [0, 0.05) is 13.2 Å². The fraction of sp³-hybridized carbons (Fsp3) is 0.174. The molecular weight excluding hydrogens is 502 g/mol. The van der Waals surface area contributed by atoms with Crippen LogP contribution in [0.1, 0.15) is 28.5 Å². The summed E-state index contributed by atoms with van der Waals surface area (Å²) in [6, 6.07) is 3.53. The Kier molecular flexibility index (Phi) is 8.39. The number of nitrogens with one attached hydrogen (secondary N) is 1. The average Bonchev–Trinajstić information content (AvgIpc) is 3.14. The van der Waals surface area contributed by atoms with Crippen LogP contribution in [-0.4, -0.2) is 21.7 Å². The maximum Gasteiger partial charge on any atom is 0.418 e. The van der Waals surface area contributed by atoms with Crippen LogP contribution in [0, 0.1) is 11.6 Å². The number of hydrogen-bond donors (Lipinski definition) is 1. The third-order valence-corrected chi connectivity index (χ3v) is 4.40. The highest BCUT2D eigenvalue weighted by atomic mass is 19.4. The number of amides is 1. The van der Waals surface area contributed by atoms with E-state index in [9.17, 15) is 44.7 Å². The van der Waals surface area contributed by atoms with E-state index in [4.69, 9.17) is 0 Å². The van der Waals surface area contributed by atoms with Crippen molar-refractivity contribution >= 4 is 17.9 Å². The molecule has 2 aromatic carbocycles. The molecule has 0 saturated carbocycles. The van der Waals surface area contributed by atoms with Crippen molar-refractivity contribution in [1.29, 1.82) is 0 Å². The molecule has 5 nitrogen and oxygen atoms in total. The normalized spacial score (nSPS) is 11.4. The Morgan fingerprint density at radius 3 is 2.06 bits per heavy atom. The number of alkyl halides is 6. The van der Waals surface area contributed by atoms with Gasteiger partial charge in [0.15, 0.2) is 0 Å². The number of allylic oxidation sites excluding steroid dienone is 1. The topological polar surface area (TPSA) is 64.0 Å². The highest BCUT2D eigenvalue weighted by Crippen LogP contribution is 2.39. The minimum atomic E-state index is -5.06. The molecule has 0 fully saturated rings. The summed E-state index contributed by atoms with van der Waals surface area (Å²) in [5, 5.41) is 1.74. The maximum absolute atomic E-state index is 14.0. The maximum atomic E-state index is 14.0. The van der Waals surface area contributed by atoms with Crippen LogP contribution in [0.4, 0.5) is 40.8 Å². The van der Waals surface area contributed by atoms with Gasteiger partial charge in [0.1, 0.15) is 29.4 Å². The van der Waals surface area contributed by atoms with Gasteiger partial charge in [0.2, 0.25) is 0 Å². The number of benzene rings is 2. The molecule has 1 aromatic heterocycles. The van der Waals surface area contributed by atoms with Crippen LogP contribution in [0.3, 0.4) is 0 Å². The van der Waals surface area contributed by atoms with Crippen LogP contribution in [0.15, 0.2) is 54.7 Å². The zero-order chi connectivity index (χ0) is 27.4. The van der Waals surface area contributed by atoms with Crippen LogP contribution in [-0.2, 0) is 24.2 Å². The zero-order valence-corrected chi connectivity index (χ0v) is 18.6. The second kappa shape index (κ2) is 10.7. The number of halogens is 8. The van der Waals surface area contributed by atoms with Crippen molar-refractivity contribution in [2.75, 3.05) is 5.32 Å². The van der Waals surface area contributed by atoms with Crippen LogP contribution >= 0.6 is 0 Å². The molecule has 3 rings (SSSR count). The summed E-state index contributed by atoms with van der Waals surface area (Å²) >= 11 is 0. The number of carbonyl (C=O) groups is 2. The van der Waals surface area contributed by atoms with E-state index < -0.39 is 58.0 Å². The number of carbonyl (C=O) groups excluding carboxylic acids is 2. The van der Waals surface area contributed by atoms with E-state index in [0.29, 0.717) is 5.57 Å². The average molecular weight is 519 g/mol. The van der Waals surface area contributed by atoms with E-state index in [0.717, 1.165) is 35.2 Å². The van der Waals surface area contributed by atoms with Crippen molar-refractivity contribution in [3.05, 3.63) is 83.2 Å². The number of aldehydes is 1. The number of imidazole rings is 1. The predicted octanol–water partition coefficient (Wildman–Crippen LogP) is 6.42. The van der Waals surface area contributed by atoms with Gasteiger partial charge in [-0.1, -0.05) is 12.6 Å². The minimum Gasteiger partial charge on any atom is -0.333 e. The number of rotatable bonds is 4. The first-order chi connectivity index (χ1) is 16.6. The summed E-state index contributed by atoms with van der Waals surface area (Å²) in [5.41, 5.74) is -4.64. The van der Waals surface area contributed by atoms with Gasteiger partial charge >= 0.3 is 12.4 Å². The predicted molar refractivity (Wildman–Crippen MR) is 114 cm³/mol. The summed E-state index contributed by atoms with van der Waals surface area (Å²) in [5.74, 6) is -3.65. The Morgan fingerprint density at radius 1 is 1.03 bits per heavy atom. The third kappa shape index (κ3) is 6.77. The Balaban J connectivity index is 0.000000830. The van der Waals surface area contributed by atoms with E-state index in [-0.39, 0.29) is 24.0 Å². The van der Waals surface area contributed by atoms with E-state index in [2.05, 4.69) is 11.6 Å². The first-order valence-corrected chi connectivity index (χ1v) is 9.74. The lowest BCUT2D eigenvalue weighted by Gasteiger charge is -2.16. The van der Waals surface area contributed by atoms with Gasteiger partial charge in [-0.25, -0.2) is 13.8 Å². The molecule has 0 atom stereocenters. The van der Waals surface area contributed by atoms with Gasteiger partial charge in [0.05, 0.1) is 22.4 Å². The molecule has 0 saturated heterocycles. The Hall–Kier alpha value is -4.03. The van der Waals surface area contributed by atoms with Crippen LogP contribution in [0.2, 0.25) is 0 Å². The first-order valence-electron chi connectivity index (χ1n) is 9.74. The molecule has 0 radical (unpaired) electrons. The molecule has 1 amide bonds. The minimum absolute atomic E-state index is 0.140. The fourth-order valence-corrected chi connectivity index (χ4v) is 2.78. The van der Waals surface area contributed by atoms with Crippen LogP contribution in [0.25, 0.3) is 11.4 Å². The smallest absolute Gasteiger partial charge is 0.333 e. The van der Waals surface area contributed by atoms with Crippen LogP contribution in [0.5, 0.6) is 0 Å². The quantitative estimate of drug-likeness (QED) is 0.246. The summed E-state index contributed by atoms with van der Waals surface area (Å²) in [6.07, 6.45) is -8.32. The second-order valence-corrected chi connectivity index (χ2v) is 7.33. The molecular formula is C23H17F8N3O2. The second-order valence-electron chi connectivity index (χ2n) is 7.33. The summed E-state index contributed by atoms with van der Waals surface area (Å²) < 4.78 is 107. The molecule has 13 heteroatoms. The van der Waals surface area contributed by atoms with E-state index in [1.807, 2.05) is 0 Å². The highest BCUT2D eigenvalue weighted by molar-refractivity contribution is 6.03. The van der Waals surface area contributed by atoms with Crippen molar-refractivity contribution in [3.8, 4) is 11.4 Å². The Morgan fingerprint density at radius 2 is 1.58 bits per heavy atom. The molecule has 0 unspecified atom stereocenters. The zero-order valence-electron chi connectivity index (χ0n) is 18.6. The summed E-state index contributed by atoms with van der Waals surface area (Å²) in [4.78, 5) is 25.5. The van der Waals surface area contributed by atoms with Gasteiger partial charge in [-0.15, -0.1) is 0 Å². The molecule has 0 bridgehead atoms. The molecule has 3 aromatic rings. The number of nitrogens with zero attached hydrogens (tertiary/aromatic N) is 2.